The Hall–Kier alpha value is -1.09. The summed E-state index contributed by atoms with van der Waals surface area (Å²) < 4.78 is 0. The maximum atomic E-state index is 3.40. The molecule has 0 N–H and O–H groups in total. The summed E-state index contributed by atoms with van der Waals surface area (Å²) in [5, 5.41) is 0. The number of allylic oxidation sites excluding steroid dienone is 8. The van der Waals surface area contributed by atoms with Gasteiger partial charge in [0, 0.05) is 0 Å². The SMILES string of the molecule is CCC1=CC(c2ccccc2)=[C-]C1.CCC1=CC(c2ccccc2)=[C-]C1.C[Si](C)=[Ti+2].[Cl-].[Cl-]. The zero-order valence-corrected chi connectivity index (χ0v) is 23.6. The maximum Gasteiger partial charge on any atom is -1.00 e. The van der Waals surface area contributed by atoms with Crippen LogP contribution < -0.4 is 24.8 Å². The van der Waals surface area contributed by atoms with Crippen molar-refractivity contribution in [3.05, 3.63) is 107 Å². The Morgan fingerprint density at radius 1 is 0.688 bits per heavy atom. The van der Waals surface area contributed by atoms with Gasteiger partial charge in [-0.3, -0.25) is 0 Å². The molecule has 2 aromatic carbocycles. The Bertz CT molecular complexity index is 864. The van der Waals surface area contributed by atoms with Crippen molar-refractivity contribution in [2.75, 3.05) is 0 Å². The van der Waals surface area contributed by atoms with Crippen LogP contribution in [0.15, 0.2) is 84.0 Å². The minimum Gasteiger partial charge on any atom is -1.00 e. The van der Waals surface area contributed by atoms with Crippen molar-refractivity contribution in [2.45, 2.75) is 52.6 Å². The van der Waals surface area contributed by atoms with E-state index in [-0.39, 0.29) is 31.0 Å². The van der Waals surface area contributed by atoms with Gasteiger partial charge in [0.2, 0.25) is 0 Å². The van der Waals surface area contributed by atoms with Crippen LogP contribution in [0, 0.1) is 12.2 Å². The van der Waals surface area contributed by atoms with Crippen LogP contribution in [0.5, 0.6) is 0 Å². The molecule has 0 atom stereocenters. The van der Waals surface area contributed by atoms with Crippen molar-refractivity contribution < 1.29 is 44.0 Å². The smallest absolute Gasteiger partial charge is 1.00 e. The molecule has 0 saturated carbocycles. The van der Waals surface area contributed by atoms with E-state index < -0.39 is 0 Å². The third-order valence-corrected chi connectivity index (χ3v) is 4.79. The molecule has 0 aliphatic heterocycles. The van der Waals surface area contributed by atoms with Crippen molar-refractivity contribution in [3.63, 3.8) is 0 Å². The zero-order valence-electron chi connectivity index (χ0n) is 19.5. The van der Waals surface area contributed by atoms with Gasteiger partial charge in [0.1, 0.15) is 0 Å². The third kappa shape index (κ3) is 11.2. The average molecular weight is 515 g/mol. The van der Waals surface area contributed by atoms with Gasteiger partial charge in [-0.1, -0.05) is 63.1 Å². The first-order valence-corrected chi connectivity index (χ1v) is 15.6. The normalized spacial score (nSPS) is 13.4. The van der Waals surface area contributed by atoms with Crippen LogP contribution >= 0.6 is 0 Å². The van der Waals surface area contributed by atoms with Gasteiger partial charge in [-0.05, 0) is 12.8 Å². The molecule has 32 heavy (non-hydrogen) atoms. The number of hydrogen-bond donors (Lipinski definition) is 0. The van der Waals surface area contributed by atoms with Crippen molar-refractivity contribution in [3.8, 4) is 0 Å². The van der Waals surface area contributed by atoms with E-state index in [0.717, 1.165) is 25.7 Å². The monoisotopic (exact) mass is 514 g/mol. The molecule has 4 rings (SSSR count). The summed E-state index contributed by atoms with van der Waals surface area (Å²) >= 11 is 2.27. The average Bonchev–Trinajstić information content (AvgIpc) is 3.45. The minimum absolute atomic E-state index is 0. The van der Waals surface area contributed by atoms with E-state index in [4.69, 9.17) is 0 Å². The molecule has 0 fully saturated rings. The molecule has 2 aliphatic carbocycles. The van der Waals surface area contributed by atoms with Crippen molar-refractivity contribution in [1.29, 1.82) is 0 Å². The minimum atomic E-state index is 0. The maximum absolute atomic E-state index is 3.40. The largest absolute Gasteiger partial charge is 1.00 e. The fourth-order valence-corrected chi connectivity index (χ4v) is 3.09. The molecule has 0 bridgehead atoms. The molecule has 0 saturated heterocycles. The molecule has 0 spiro atoms. The number of benzene rings is 2. The third-order valence-electron chi connectivity index (χ3n) is 4.79. The summed E-state index contributed by atoms with van der Waals surface area (Å²) in [4.78, 5) is 0. The van der Waals surface area contributed by atoms with E-state index in [1.165, 1.54) is 33.4 Å². The molecule has 0 radical (unpaired) electrons. The molecule has 0 nitrogen and oxygen atoms in total. The van der Waals surface area contributed by atoms with E-state index in [9.17, 15) is 0 Å². The molecule has 0 unspecified atom stereocenters. The first-order chi connectivity index (χ1) is 14.5. The van der Waals surface area contributed by atoms with Gasteiger partial charge in [0.05, 0.1) is 0 Å². The predicted octanol–water partition coefficient (Wildman–Crippen LogP) is 2.02. The topological polar surface area (TPSA) is 0 Å². The predicted molar refractivity (Wildman–Crippen MR) is 130 cm³/mol. The van der Waals surface area contributed by atoms with Gasteiger partial charge in [0.25, 0.3) is 0 Å². The molecule has 0 amide bonds. The van der Waals surface area contributed by atoms with E-state index >= 15 is 0 Å². The zero-order chi connectivity index (χ0) is 21.8. The second kappa shape index (κ2) is 17.4. The van der Waals surface area contributed by atoms with Gasteiger partial charge < -0.3 is 24.8 Å². The first-order valence-electron chi connectivity index (χ1n) is 10.8. The van der Waals surface area contributed by atoms with E-state index in [1.807, 2.05) is 12.1 Å². The standard InChI is InChI=1S/2C13H13.C2H6Si.2ClH.Ti/c2*1-2-11-8-9-13(10-11)12-6-4-3-5-7-12;1-3-2;;;/h2*3-7,10H,2,8H2,1H3;1-2H3;2*1H;/q2*-1;;;;+2/p-2. The summed E-state index contributed by atoms with van der Waals surface area (Å²) in [6.07, 6.45) is 15.7. The van der Waals surface area contributed by atoms with Crippen LogP contribution in [-0.2, 0) is 19.2 Å². The van der Waals surface area contributed by atoms with Crippen LogP contribution in [0.4, 0.5) is 0 Å². The van der Waals surface area contributed by atoms with Crippen LogP contribution in [0.2, 0.25) is 13.1 Å². The van der Waals surface area contributed by atoms with E-state index in [0.29, 0.717) is 0 Å². The summed E-state index contributed by atoms with van der Waals surface area (Å²) in [6.45, 7) is 8.93. The fourth-order valence-electron chi connectivity index (χ4n) is 3.09. The fraction of sp³-hybridized carbons (Fsp3) is 0.286. The van der Waals surface area contributed by atoms with Crippen LogP contribution in [0.3, 0.4) is 0 Å². The van der Waals surface area contributed by atoms with Crippen molar-refractivity contribution >= 4 is 17.3 Å². The quantitative estimate of drug-likeness (QED) is 0.432. The summed E-state index contributed by atoms with van der Waals surface area (Å²) in [6, 6.07) is 20.9. The molecule has 0 heterocycles. The van der Waals surface area contributed by atoms with Gasteiger partial charge in [-0.15, -0.1) is 46.5 Å². The van der Waals surface area contributed by atoms with Gasteiger partial charge in [-0.25, -0.2) is 0 Å². The summed E-state index contributed by atoms with van der Waals surface area (Å²) in [5.74, 6) is 0. The molecule has 0 aromatic heterocycles. The Morgan fingerprint density at radius 3 is 1.25 bits per heavy atom. The number of hydrogen-bond acceptors (Lipinski definition) is 0. The number of rotatable bonds is 4. The van der Waals surface area contributed by atoms with Crippen molar-refractivity contribution in [1.82, 2.24) is 0 Å². The Kier molecular flexibility index (Phi) is 16.8. The molecule has 2 aliphatic rings. The van der Waals surface area contributed by atoms with Gasteiger partial charge in [0.15, 0.2) is 0 Å². The second-order valence-electron chi connectivity index (χ2n) is 7.58. The Morgan fingerprint density at radius 2 is 1.00 bits per heavy atom. The summed E-state index contributed by atoms with van der Waals surface area (Å²) in [5.41, 5.74) is 8.06. The van der Waals surface area contributed by atoms with Gasteiger partial charge in [-0.2, -0.15) is 35.5 Å². The van der Waals surface area contributed by atoms with E-state index in [2.05, 4.69) is 119 Å². The molecule has 4 heteroatoms. The van der Waals surface area contributed by atoms with E-state index in [1.54, 1.807) is 0 Å². The molecule has 2 aromatic rings. The van der Waals surface area contributed by atoms with Crippen LogP contribution in [0.1, 0.15) is 50.7 Å². The second-order valence-corrected chi connectivity index (χ2v) is 14.3. The molecular weight excluding hydrogens is 483 g/mol. The molecular formula is C28H32Cl2SiTi-2. The van der Waals surface area contributed by atoms with Gasteiger partial charge >= 0.3 is 38.5 Å². The first kappa shape index (κ1) is 30.9. The Labute approximate surface area is 220 Å². The molecule has 168 valence electrons. The number of halogens is 2. The Balaban J connectivity index is 0.000000490. The summed E-state index contributed by atoms with van der Waals surface area (Å²) in [7, 11) is 0. The van der Waals surface area contributed by atoms with Crippen LogP contribution in [-0.4, -0.2) is 6.19 Å². The van der Waals surface area contributed by atoms with Crippen molar-refractivity contribution in [2.24, 2.45) is 0 Å². The van der Waals surface area contributed by atoms with Crippen LogP contribution in [0.25, 0.3) is 11.1 Å².